The minimum atomic E-state index is -4.02. The number of para-hydroxylation sites is 1. The highest BCUT2D eigenvalue weighted by Crippen LogP contribution is 2.22. The monoisotopic (exact) mass is 274 g/mol. The molecular formula is C10H14N2O5S. The molecule has 0 radical (unpaired) electrons. The van der Waals surface area contributed by atoms with Crippen LogP contribution in [0.1, 0.15) is 13.8 Å². The number of benzene rings is 1. The topological polar surface area (TPSA) is 110 Å². The molecule has 8 heteroatoms. The van der Waals surface area contributed by atoms with Crippen LogP contribution in [-0.4, -0.2) is 30.6 Å². The van der Waals surface area contributed by atoms with Crippen molar-refractivity contribution in [3.63, 3.8) is 0 Å². The van der Waals surface area contributed by atoms with Gasteiger partial charge in [0.15, 0.2) is 4.90 Å². The number of rotatable bonds is 5. The summed E-state index contributed by atoms with van der Waals surface area (Å²) in [6, 6.07) is 5.03. The Balaban J connectivity index is 3.10. The zero-order valence-electron chi connectivity index (χ0n) is 9.95. The lowest BCUT2D eigenvalue weighted by Gasteiger charge is -2.17. The van der Waals surface area contributed by atoms with E-state index in [1.165, 1.54) is 26.0 Å². The molecule has 0 spiro atoms. The van der Waals surface area contributed by atoms with Crippen molar-refractivity contribution in [2.24, 2.45) is 0 Å². The summed E-state index contributed by atoms with van der Waals surface area (Å²) >= 11 is 0. The van der Waals surface area contributed by atoms with E-state index in [0.29, 0.717) is 0 Å². The average molecular weight is 274 g/mol. The third kappa shape index (κ3) is 3.76. The predicted molar refractivity (Wildman–Crippen MR) is 64.6 cm³/mol. The van der Waals surface area contributed by atoms with Crippen molar-refractivity contribution in [2.75, 3.05) is 6.54 Å². The van der Waals surface area contributed by atoms with Gasteiger partial charge in [-0.3, -0.25) is 10.1 Å². The van der Waals surface area contributed by atoms with Gasteiger partial charge in [-0.05, 0) is 19.9 Å². The molecule has 0 heterocycles. The average Bonchev–Trinajstić information content (AvgIpc) is 2.26. The van der Waals surface area contributed by atoms with Gasteiger partial charge in [-0.25, -0.2) is 13.1 Å². The van der Waals surface area contributed by atoms with E-state index >= 15 is 0 Å². The number of hydrogen-bond acceptors (Lipinski definition) is 5. The van der Waals surface area contributed by atoms with Crippen LogP contribution in [0.3, 0.4) is 0 Å². The van der Waals surface area contributed by atoms with Crippen molar-refractivity contribution in [3.05, 3.63) is 34.4 Å². The predicted octanol–water partition coefficient (Wildman–Crippen LogP) is 0.644. The van der Waals surface area contributed by atoms with Crippen molar-refractivity contribution < 1.29 is 18.4 Å². The van der Waals surface area contributed by atoms with Crippen molar-refractivity contribution in [2.45, 2.75) is 24.3 Å². The SMILES string of the molecule is CC(C)(O)CNS(=O)(=O)c1ccccc1[N+](=O)[O-]. The molecule has 18 heavy (non-hydrogen) atoms. The molecular weight excluding hydrogens is 260 g/mol. The number of nitro groups is 1. The van der Waals surface area contributed by atoms with Gasteiger partial charge in [-0.1, -0.05) is 12.1 Å². The van der Waals surface area contributed by atoms with E-state index in [2.05, 4.69) is 4.72 Å². The zero-order valence-corrected chi connectivity index (χ0v) is 10.8. The second kappa shape index (κ2) is 5.01. The Hall–Kier alpha value is -1.51. The highest BCUT2D eigenvalue weighted by molar-refractivity contribution is 7.89. The second-order valence-electron chi connectivity index (χ2n) is 4.36. The molecule has 0 fully saturated rings. The summed E-state index contributed by atoms with van der Waals surface area (Å²) < 4.78 is 25.9. The molecule has 0 aliphatic heterocycles. The van der Waals surface area contributed by atoms with Crippen LogP contribution < -0.4 is 4.72 Å². The maximum Gasteiger partial charge on any atom is 0.289 e. The molecule has 1 aromatic rings. The first-order valence-electron chi connectivity index (χ1n) is 5.09. The lowest BCUT2D eigenvalue weighted by atomic mass is 10.1. The highest BCUT2D eigenvalue weighted by atomic mass is 32.2. The number of nitrogens with zero attached hydrogens (tertiary/aromatic N) is 1. The van der Waals surface area contributed by atoms with Crippen LogP contribution in [0.15, 0.2) is 29.2 Å². The van der Waals surface area contributed by atoms with Crippen LogP contribution in [0.2, 0.25) is 0 Å². The maximum atomic E-state index is 11.9. The molecule has 0 atom stereocenters. The fourth-order valence-electron chi connectivity index (χ4n) is 1.18. The molecule has 0 unspecified atom stereocenters. The Bertz CT molecular complexity index is 548. The first kappa shape index (κ1) is 14.6. The molecule has 0 aromatic heterocycles. The standard InChI is InChI=1S/C10H14N2O5S/c1-10(2,13)7-11-18(16,17)9-6-4-3-5-8(9)12(14)15/h3-6,11,13H,7H2,1-2H3. The Morgan fingerprint density at radius 2 is 1.94 bits per heavy atom. The normalized spacial score (nSPS) is 12.4. The lowest BCUT2D eigenvalue weighted by Crippen LogP contribution is -2.38. The van der Waals surface area contributed by atoms with E-state index in [-0.39, 0.29) is 6.54 Å². The highest BCUT2D eigenvalue weighted by Gasteiger charge is 2.26. The summed E-state index contributed by atoms with van der Waals surface area (Å²) in [5.41, 5.74) is -1.74. The molecule has 7 nitrogen and oxygen atoms in total. The minimum Gasteiger partial charge on any atom is -0.389 e. The molecule has 1 rings (SSSR count). The second-order valence-corrected chi connectivity index (χ2v) is 6.10. The lowest BCUT2D eigenvalue weighted by molar-refractivity contribution is -0.387. The van der Waals surface area contributed by atoms with E-state index in [0.717, 1.165) is 12.1 Å². The summed E-state index contributed by atoms with van der Waals surface area (Å²) in [5.74, 6) is 0. The summed E-state index contributed by atoms with van der Waals surface area (Å²) in [6.45, 7) is 2.62. The Labute approximate surface area is 105 Å². The molecule has 0 saturated heterocycles. The first-order chi connectivity index (χ1) is 8.13. The largest absolute Gasteiger partial charge is 0.389 e. The van der Waals surface area contributed by atoms with Crippen molar-refractivity contribution in [3.8, 4) is 0 Å². The van der Waals surface area contributed by atoms with Gasteiger partial charge in [0.25, 0.3) is 5.69 Å². The quantitative estimate of drug-likeness (QED) is 0.605. The summed E-state index contributed by atoms with van der Waals surface area (Å²) in [5, 5.41) is 20.2. The van der Waals surface area contributed by atoms with Crippen molar-refractivity contribution in [1.29, 1.82) is 0 Å². The van der Waals surface area contributed by atoms with Crippen LogP contribution in [-0.2, 0) is 10.0 Å². The van der Waals surface area contributed by atoms with E-state index in [9.17, 15) is 23.6 Å². The number of nitro benzene ring substituents is 1. The Kier molecular flexibility index (Phi) is 4.05. The van der Waals surface area contributed by atoms with Crippen LogP contribution in [0.25, 0.3) is 0 Å². The molecule has 0 aliphatic rings. The van der Waals surface area contributed by atoms with Crippen LogP contribution in [0.5, 0.6) is 0 Å². The van der Waals surface area contributed by atoms with Crippen molar-refractivity contribution >= 4 is 15.7 Å². The molecule has 0 saturated carbocycles. The van der Waals surface area contributed by atoms with Gasteiger partial charge in [-0.15, -0.1) is 0 Å². The number of sulfonamides is 1. The summed E-state index contributed by atoms with van der Waals surface area (Å²) in [4.78, 5) is 9.55. The maximum absolute atomic E-state index is 11.9. The van der Waals surface area contributed by atoms with E-state index in [1.807, 2.05) is 0 Å². The third-order valence-corrected chi connectivity index (χ3v) is 3.49. The van der Waals surface area contributed by atoms with Gasteiger partial charge in [0.05, 0.1) is 10.5 Å². The van der Waals surface area contributed by atoms with E-state index < -0.39 is 31.1 Å². The Morgan fingerprint density at radius 1 is 1.39 bits per heavy atom. The Morgan fingerprint density at radius 3 is 2.44 bits per heavy atom. The van der Waals surface area contributed by atoms with Gasteiger partial charge in [0.1, 0.15) is 0 Å². The van der Waals surface area contributed by atoms with Gasteiger partial charge >= 0.3 is 0 Å². The van der Waals surface area contributed by atoms with Crippen LogP contribution in [0.4, 0.5) is 5.69 Å². The van der Waals surface area contributed by atoms with Crippen molar-refractivity contribution in [1.82, 2.24) is 4.72 Å². The van der Waals surface area contributed by atoms with Gasteiger partial charge < -0.3 is 5.11 Å². The number of nitrogens with one attached hydrogen (secondary N) is 1. The number of hydrogen-bond donors (Lipinski definition) is 2. The smallest absolute Gasteiger partial charge is 0.289 e. The zero-order chi connectivity index (χ0) is 14.0. The first-order valence-corrected chi connectivity index (χ1v) is 6.57. The molecule has 1 aromatic carbocycles. The van der Waals surface area contributed by atoms with Crippen LogP contribution >= 0.6 is 0 Å². The third-order valence-electron chi connectivity index (χ3n) is 2.05. The fourth-order valence-corrected chi connectivity index (χ4v) is 2.56. The van der Waals surface area contributed by atoms with E-state index in [4.69, 9.17) is 0 Å². The van der Waals surface area contributed by atoms with E-state index in [1.54, 1.807) is 0 Å². The molecule has 2 N–H and O–H groups in total. The molecule has 0 aliphatic carbocycles. The van der Waals surface area contributed by atoms with Gasteiger partial charge in [-0.2, -0.15) is 0 Å². The molecule has 0 amide bonds. The minimum absolute atomic E-state index is 0.235. The molecule has 0 bridgehead atoms. The summed E-state index contributed by atoms with van der Waals surface area (Å²) in [7, 11) is -4.02. The fraction of sp³-hybridized carbons (Fsp3) is 0.400. The van der Waals surface area contributed by atoms with Gasteiger partial charge in [0.2, 0.25) is 10.0 Å². The van der Waals surface area contributed by atoms with Crippen LogP contribution in [0, 0.1) is 10.1 Å². The summed E-state index contributed by atoms with van der Waals surface area (Å²) in [6.07, 6.45) is 0. The molecule has 100 valence electrons. The van der Waals surface area contributed by atoms with Gasteiger partial charge in [0, 0.05) is 12.6 Å². The number of aliphatic hydroxyl groups is 1.